The van der Waals surface area contributed by atoms with E-state index in [0.717, 1.165) is 5.56 Å². The summed E-state index contributed by atoms with van der Waals surface area (Å²) in [6.45, 7) is 0.108. The number of aliphatic carboxylic acids is 1. The van der Waals surface area contributed by atoms with E-state index in [1.54, 1.807) is 42.5 Å². The molecule has 30 heavy (non-hydrogen) atoms. The second kappa shape index (κ2) is 10.0. The number of aliphatic hydroxyl groups excluding tert-OH is 1. The predicted octanol–water partition coefficient (Wildman–Crippen LogP) is 4.08. The van der Waals surface area contributed by atoms with Crippen LogP contribution < -0.4 is 10.5 Å². The fourth-order valence-electron chi connectivity index (χ4n) is 3.30. The molecule has 0 amide bonds. The van der Waals surface area contributed by atoms with E-state index in [0.29, 0.717) is 28.0 Å². The number of carbonyl (C=O) groups is 1. The molecule has 0 radical (unpaired) electrons. The molecule has 0 aliphatic carbocycles. The molecule has 156 valence electrons. The van der Waals surface area contributed by atoms with Crippen LogP contribution in [0.4, 0.5) is 4.39 Å². The molecule has 0 heterocycles. The van der Waals surface area contributed by atoms with Gasteiger partial charge in [0, 0.05) is 29.3 Å². The van der Waals surface area contributed by atoms with Gasteiger partial charge in [-0.1, -0.05) is 54.6 Å². The second-order valence-corrected chi connectivity index (χ2v) is 6.99. The summed E-state index contributed by atoms with van der Waals surface area (Å²) in [5, 5.41) is 18.1. The molecule has 3 rings (SSSR count). The van der Waals surface area contributed by atoms with Crippen LogP contribution in [0.2, 0.25) is 0 Å². The molecule has 0 aliphatic rings. The lowest BCUT2D eigenvalue weighted by atomic mass is 9.96. The maximum atomic E-state index is 15.0. The van der Waals surface area contributed by atoms with Gasteiger partial charge in [-0.25, -0.2) is 4.39 Å². The van der Waals surface area contributed by atoms with Crippen LogP contribution >= 0.6 is 0 Å². The fraction of sp³-hybridized carbons (Fsp3) is 0.208. The molecule has 0 fully saturated rings. The average Bonchev–Trinajstić information content (AvgIpc) is 2.73. The highest BCUT2D eigenvalue weighted by molar-refractivity contribution is 5.71. The SMILES string of the molecule is NC(CCO)c1cccc(-c2cccc(COc3ccccc3CC(=O)O)c2)c1F. The largest absolute Gasteiger partial charge is 0.489 e. The van der Waals surface area contributed by atoms with Crippen molar-refractivity contribution in [3.05, 3.63) is 89.2 Å². The lowest BCUT2D eigenvalue weighted by Crippen LogP contribution is -2.14. The van der Waals surface area contributed by atoms with Crippen LogP contribution in [0.1, 0.15) is 29.2 Å². The third-order valence-electron chi connectivity index (χ3n) is 4.81. The number of benzene rings is 3. The maximum absolute atomic E-state index is 15.0. The summed E-state index contributed by atoms with van der Waals surface area (Å²) in [6, 6.07) is 18.8. The minimum atomic E-state index is -0.928. The number of ether oxygens (including phenoxy) is 1. The van der Waals surface area contributed by atoms with Crippen molar-refractivity contribution in [2.75, 3.05) is 6.61 Å². The summed E-state index contributed by atoms with van der Waals surface area (Å²) < 4.78 is 20.9. The molecule has 5 nitrogen and oxygen atoms in total. The van der Waals surface area contributed by atoms with Crippen LogP contribution in [0.3, 0.4) is 0 Å². The molecule has 3 aromatic carbocycles. The maximum Gasteiger partial charge on any atom is 0.307 e. The zero-order chi connectivity index (χ0) is 21.5. The van der Waals surface area contributed by atoms with Crippen LogP contribution in [0.5, 0.6) is 5.75 Å². The van der Waals surface area contributed by atoms with E-state index in [4.69, 9.17) is 20.7 Å². The van der Waals surface area contributed by atoms with E-state index in [-0.39, 0.29) is 26.1 Å². The molecule has 0 aliphatic heterocycles. The number of hydrogen-bond acceptors (Lipinski definition) is 4. The van der Waals surface area contributed by atoms with Gasteiger partial charge in [0.1, 0.15) is 18.2 Å². The van der Waals surface area contributed by atoms with Gasteiger partial charge < -0.3 is 20.7 Å². The summed E-state index contributed by atoms with van der Waals surface area (Å²) in [4.78, 5) is 11.0. The van der Waals surface area contributed by atoms with E-state index >= 15 is 4.39 Å². The van der Waals surface area contributed by atoms with Gasteiger partial charge in [-0.2, -0.15) is 0 Å². The predicted molar refractivity (Wildman–Crippen MR) is 113 cm³/mol. The zero-order valence-electron chi connectivity index (χ0n) is 16.4. The standard InChI is InChI=1S/C24H24FNO4/c25-24-19(8-4-9-20(24)21(26)11-12-27)17-7-3-5-16(13-17)15-30-22-10-2-1-6-18(22)14-23(28)29/h1-10,13,21,27H,11-12,14-15,26H2,(H,28,29). The smallest absolute Gasteiger partial charge is 0.307 e. The molecule has 3 aromatic rings. The van der Waals surface area contributed by atoms with Gasteiger partial charge in [-0.15, -0.1) is 0 Å². The summed E-state index contributed by atoms with van der Waals surface area (Å²) in [6.07, 6.45) is 0.159. The topological polar surface area (TPSA) is 92.8 Å². The Labute approximate surface area is 174 Å². The van der Waals surface area contributed by atoms with Gasteiger partial charge in [0.05, 0.1) is 6.42 Å². The Morgan fingerprint density at radius 2 is 1.83 bits per heavy atom. The zero-order valence-corrected chi connectivity index (χ0v) is 16.4. The van der Waals surface area contributed by atoms with Crippen LogP contribution in [0, 0.1) is 5.82 Å². The van der Waals surface area contributed by atoms with E-state index < -0.39 is 17.8 Å². The molecule has 0 spiro atoms. The molecule has 0 aromatic heterocycles. The van der Waals surface area contributed by atoms with Gasteiger partial charge in [0.25, 0.3) is 0 Å². The number of carboxylic acids is 1. The summed E-state index contributed by atoms with van der Waals surface area (Å²) in [5.41, 5.74) is 8.88. The Kier molecular flexibility index (Phi) is 7.17. The average molecular weight is 409 g/mol. The first-order chi connectivity index (χ1) is 14.5. The van der Waals surface area contributed by atoms with Crippen molar-refractivity contribution >= 4 is 5.97 Å². The van der Waals surface area contributed by atoms with Gasteiger partial charge in [-0.3, -0.25) is 4.79 Å². The van der Waals surface area contributed by atoms with E-state index in [2.05, 4.69) is 0 Å². The number of carboxylic acid groups (broad SMARTS) is 1. The summed E-state index contributed by atoms with van der Waals surface area (Å²) in [5.74, 6) is -0.820. The Bertz CT molecular complexity index is 1020. The van der Waals surface area contributed by atoms with E-state index in [9.17, 15) is 4.79 Å². The quantitative estimate of drug-likeness (QED) is 0.495. The minimum absolute atomic E-state index is 0.110. The van der Waals surface area contributed by atoms with Crippen LogP contribution in [-0.2, 0) is 17.8 Å². The minimum Gasteiger partial charge on any atom is -0.489 e. The van der Waals surface area contributed by atoms with Crippen LogP contribution in [-0.4, -0.2) is 22.8 Å². The molecule has 1 unspecified atom stereocenters. The van der Waals surface area contributed by atoms with E-state index in [1.807, 2.05) is 24.3 Å². The first kappa shape index (κ1) is 21.5. The molecular weight excluding hydrogens is 385 g/mol. The molecule has 0 saturated carbocycles. The van der Waals surface area contributed by atoms with Crippen LogP contribution in [0.15, 0.2) is 66.7 Å². The summed E-state index contributed by atoms with van der Waals surface area (Å²) >= 11 is 0. The van der Waals surface area contributed by atoms with Crippen molar-refractivity contribution in [3.63, 3.8) is 0 Å². The first-order valence-electron chi connectivity index (χ1n) is 9.66. The van der Waals surface area contributed by atoms with Crippen molar-refractivity contribution in [1.29, 1.82) is 0 Å². The number of hydrogen-bond donors (Lipinski definition) is 3. The number of aliphatic hydroxyl groups is 1. The second-order valence-electron chi connectivity index (χ2n) is 6.99. The van der Waals surface area contributed by atoms with E-state index in [1.165, 1.54) is 0 Å². The normalized spacial score (nSPS) is 11.8. The molecule has 4 N–H and O–H groups in total. The number of para-hydroxylation sites is 1. The molecule has 1 atom stereocenters. The molecular formula is C24H24FNO4. The highest BCUT2D eigenvalue weighted by Gasteiger charge is 2.15. The van der Waals surface area contributed by atoms with Gasteiger partial charge in [-0.05, 0) is 29.7 Å². The molecule has 0 bridgehead atoms. The van der Waals surface area contributed by atoms with Crippen molar-refractivity contribution in [2.45, 2.75) is 25.5 Å². The third-order valence-corrected chi connectivity index (χ3v) is 4.81. The number of halogens is 1. The molecule has 0 saturated heterocycles. The highest BCUT2D eigenvalue weighted by atomic mass is 19.1. The Hall–Kier alpha value is -3.22. The lowest BCUT2D eigenvalue weighted by molar-refractivity contribution is -0.136. The van der Waals surface area contributed by atoms with Crippen molar-refractivity contribution < 1.29 is 24.1 Å². The Balaban J connectivity index is 1.81. The Morgan fingerprint density at radius 1 is 1.07 bits per heavy atom. The van der Waals surface area contributed by atoms with Gasteiger partial charge in [0.15, 0.2) is 0 Å². The number of nitrogens with two attached hydrogens (primary N) is 1. The van der Waals surface area contributed by atoms with Crippen molar-refractivity contribution in [1.82, 2.24) is 0 Å². The Morgan fingerprint density at radius 3 is 2.60 bits per heavy atom. The highest BCUT2D eigenvalue weighted by Crippen LogP contribution is 2.29. The van der Waals surface area contributed by atoms with Gasteiger partial charge in [0.2, 0.25) is 0 Å². The lowest BCUT2D eigenvalue weighted by Gasteiger charge is -2.15. The monoisotopic (exact) mass is 409 g/mol. The fourth-order valence-corrected chi connectivity index (χ4v) is 3.30. The summed E-state index contributed by atoms with van der Waals surface area (Å²) in [7, 11) is 0. The van der Waals surface area contributed by atoms with Crippen molar-refractivity contribution in [3.8, 4) is 16.9 Å². The van der Waals surface area contributed by atoms with Crippen LogP contribution in [0.25, 0.3) is 11.1 Å². The first-order valence-corrected chi connectivity index (χ1v) is 9.66. The third kappa shape index (κ3) is 5.23. The van der Waals surface area contributed by atoms with Crippen molar-refractivity contribution in [2.24, 2.45) is 5.73 Å². The molecule has 6 heteroatoms. The van der Waals surface area contributed by atoms with Gasteiger partial charge >= 0.3 is 5.97 Å². The number of rotatable bonds is 9.